The first-order valence-corrected chi connectivity index (χ1v) is 42.2. The van der Waals surface area contributed by atoms with E-state index in [0.717, 1.165) is 58.9 Å². The predicted molar refractivity (Wildman–Crippen MR) is 475 cm³/mol. The average Bonchev–Trinajstić information content (AvgIpc) is 1.64. The second kappa shape index (κ2) is 58.0. The van der Waals surface area contributed by atoms with Gasteiger partial charge in [0.1, 0.15) is 99.5 Å². The fourth-order valence-electron chi connectivity index (χ4n) is 11.7. The van der Waals surface area contributed by atoms with Crippen LogP contribution in [0.25, 0.3) is 6.08 Å². The van der Waals surface area contributed by atoms with Crippen LogP contribution < -0.4 is 19.0 Å². The van der Waals surface area contributed by atoms with Gasteiger partial charge >= 0.3 is 11.9 Å². The van der Waals surface area contributed by atoms with Gasteiger partial charge in [0.05, 0.1) is 11.1 Å². The number of carboxylic acids is 2. The third kappa shape index (κ3) is 40.3. The lowest BCUT2D eigenvalue weighted by Gasteiger charge is -2.22. The summed E-state index contributed by atoms with van der Waals surface area (Å²) in [5.74, 6) is -3.57. The summed E-state index contributed by atoms with van der Waals surface area (Å²) in [6.07, 6.45) is 6.56. The summed E-state index contributed by atoms with van der Waals surface area (Å²) in [4.78, 5) is 49.2. The summed E-state index contributed by atoms with van der Waals surface area (Å²) < 4.78 is 160. The Labute approximate surface area is 753 Å². The number of rotatable bonds is 31. The molecule has 4 N–H and O–H groups in total. The van der Waals surface area contributed by atoms with Gasteiger partial charge < -0.3 is 29.5 Å². The van der Waals surface area contributed by atoms with Crippen LogP contribution in [0.2, 0.25) is 0 Å². The number of aliphatic carboxylic acids is 2. The van der Waals surface area contributed by atoms with Crippen molar-refractivity contribution in [3.05, 3.63) is 417 Å². The predicted octanol–water partition coefficient (Wildman–Crippen LogP) is 26.1. The smallest absolute Gasteiger partial charge is 0.328 e. The number of benzene rings is 12. The van der Waals surface area contributed by atoms with Gasteiger partial charge in [0.15, 0.2) is 0 Å². The highest BCUT2D eigenvalue weighted by molar-refractivity contribution is 9.09. The monoisotopic (exact) mass is 1880 g/mol. The highest BCUT2D eigenvalue weighted by atomic mass is 79.9. The Balaban J connectivity index is 0.000000229. The summed E-state index contributed by atoms with van der Waals surface area (Å²) in [6.45, 7) is 0.734. The molecule has 12 aromatic carbocycles. The van der Waals surface area contributed by atoms with Crippen molar-refractivity contribution in [3.63, 3.8) is 0 Å². The molecule has 0 saturated heterocycles. The van der Waals surface area contributed by atoms with E-state index in [4.69, 9.17) is 76.1 Å². The van der Waals surface area contributed by atoms with Gasteiger partial charge in [-0.05, 0) is 246 Å². The lowest BCUT2D eigenvalue weighted by atomic mass is 10.1. The number of carbonyl (C=O) groups excluding carboxylic acids is 2. The number of fused-ring (bicyclic) bond motifs is 1. The first kappa shape index (κ1) is 103. The molecule has 0 aromatic heterocycles. The number of hydrogen-bond acceptors (Lipinski definition) is 9. The van der Waals surface area contributed by atoms with Crippen molar-refractivity contribution in [1.82, 2.24) is 9.74 Å². The normalized spacial score (nSPS) is 11.9. The van der Waals surface area contributed by atoms with Crippen LogP contribution in [0.4, 0.5) is 48.3 Å². The zero-order chi connectivity index (χ0) is 91.6. The van der Waals surface area contributed by atoms with Crippen molar-refractivity contribution in [3.8, 4) is 17.2 Å². The first-order chi connectivity index (χ1) is 60.6. The molecular weight excluding hydrogens is 1800 g/mol. The van der Waals surface area contributed by atoms with E-state index < -0.39 is 41.9 Å². The summed E-state index contributed by atoms with van der Waals surface area (Å²) in [5, 5.41) is 25.1. The number of nitrogens with zero attached hydrogens (tertiary/aromatic N) is 1. The highest BCUT2D eigenvalue weighted by Crippen LogP contribution is 2.32. The minimum atomic E-state index is -1.04. The zero-order valence-corrected chi connectivity index (χ0v) is 72.3. The number of halogens is 16. The van der Waals surface area contributed by atoms with Crippen LogP contribution in [0.5, 0.6) is 17.2 Å². The van der Waals surface area contributed by atoms with Gasteiger partial charge in [-0.3, -0.25) is 19.3 Å². The lowest BCUT2D eigenvalue weighted by molar-refractivity contribution is -0.137. The van der Waals surface area contributed by atoms with Crippen molar-refractivity contribution in [2.75, 3.05) is 37.3 Å². The van der Waals surface area contributed by atoms with Gasteiger partial charge in [-0.25, -0.2) is 57.9 Å². The molecular formula is C98H90BrCl4F11N2O10. The molecule has 4 unspecified atom stereocenters. The largest absolute Gasteiger partial charge is 0.486 e. The molecule has 126 heavy (non-hydrogen) atoms. The second-order valence-corrected chi connectivity index (χ2v) is 29.7. The maximum atomic E-state index is 13.7. The molecule has 0 spiro atoms. The van der Waals surface area contributed by atoms with E-state index in [1.165, 1.54) is 146 Å². The average molecular weight is 1890 g/mol. The van der Waals surface area contributed by atoms with E-state index in [0.29, 0.717) is 94.7 Å². The SMILES string of the molecule is Fc1cccc(C(Br)CCCl)c1.Fc1cccc(CCCCl)c1.Fc1cccc(OC(CCCl)c2cccc(F)c2)c1.Fc1cccc(OC(CCNCl)c2cccc(F)c2)c1.O=C(O)/C=C/c1cccc(F)c1.O=C(O)CCc1cccc(F)c1.O=C1c2ccccc2C(=O)N1CCC(Oc1cccc(F)c1)c1cccc(F)c1.OCCCc1cccc(F)c1. The number of alkyl halides is 4. The molecule has 1 aliphatic rings. The molecule has 0 bridgehead atoms. The molecule has 0 radical (unpaired) electrons. The first-order valence-electron chi connectivity index (χ1n) is 39.3. The molecule has 2 amide bonds. The molecule has 13 rings (SSSR count). The summed E-state index contributed by atoms with van der Waals surface area (Å²) >= 11 is 25.7. The van der Waals surface area contributed by atoms with Crippen LogP contribution in [0.3, 0.4) is 0 Å². The molecule has 0 aliphatic carbocycles. The molecule has 0 saturated carbocycles. The Hall–Kier alpha value is -11.4. The van der Waals surface area contributed by atoms with Crippen molar-refractivity contribution in [2.45, 2.75) is 87.3 Å². The number of carboxylic acid groups (broad SMARTS) is 2. The fraction of sp³-hybridized carbons (Fsp3) is 0.204. The minimum absolute atomic E-state index is 0.0451. The topological polar surface area (TPSA) is 172 Å². The number of aliphatic hydroxyl groups excluding tert-OH is 1. The van der Waals surface area contributed by atoms with Crippen LogP contribution >= 0.6 is 62.5 Å². The minimum Gasteiger partial charge on any atom is -0.486 e. The third-order valence-electron chi connectivity index (χ3n) is 17.6. The van der Waals surface area contributed by atoms with Crippen LogP contribution in [0, 0.1) is 64.0 Å². The number of nitrogens with one attached hydrogen (secondary N) is 1. The second-order valence-electron chi connectivity index (χ2n) is 27.2. The number of hydrogen-bond donors (Lipinski definition) is 4. The van der Waals surface area contributed by atoms with Crippen LogP contribution in [0.1, 0.15) is 133 Å². The Morgan fingerprint density at radius 3 is 1.09 bits per heavy atom. The fourth-order valence-corrected chi connectivity index (χ4v) is 13.1. The van der Waals surface area contributed by atoms with Gasteiger partial charge in [0.25, 0.3) is 11.8 Å². The molecule has 664 valence electrons. The lowest BCUT2D eigenvalue weighted by Crippen LogP contribution is -2.32. The molecule has 0 fully saturated rings. The Kier molecular flexibility index (Phi) is 47.6. The molecule has 12 nitrogen and oxygen atoms in total. The summed E-state index contributed by atoms with van der Waals surface area (Å²) in [6, 6.07) is 73.5. The quantitative estimate of drug-likeness (QED) is 0.0107. The van der Waals surface area contributed by atoms with Crippen LogP contribution in [0.15, 0.2) is 297 Å². The number of amides is 2. The van der Waals surface area contributed by atoms with Gasteiger partial charge in [-0.15, -0.1) is 34.8 Å². The number of imide groups is 1. The highest BCUT2D eigenvalue weighted by Gasteiger charge is 2.35. The van der Waals surface area contributed by atoms with Gasteiger partial charge in [-0.1, -0.05) is 143 Å². The van der Waals surface area contributed by atoms with E-state index in [1.54, 1.807) is 133 Å². The Bertz CT molecular complexity index is 5280. The molecule has 1 heterocycles. The van der Waals surface area contributed by atoms with E-state index >= 15 is 0 Å². The standard InChI is InChI=1S/C23H17F2NO3.C15H14ClF2NO.C15H13ClF2O.C9H9BrClF.C9H10ClF.C9H9FO2.C9H7FO2.C9H11FO/c24-16-6-3-5-15(13-16)21(29-18-8-4-7-17(25)14-18)11-12-26-22(27)19-9-1-2-10-20(19)23(26)28;16-19-8-7-15(11-3-1-4-12(17)9-11)20-14-6-2-5-13(18)10-14;16-8-7-15(11-3-1-4-12(17)9-11)19-14-6-2-5-13(18)10-14;10-9(4-5-11)7-2-1-3-8(12)6-7;10-6-2-4-8-3-1-5-9(11)7-8;2*10-8-3-1-2-7(6-8)4-5-9(11)12;10-9-5-1-3-8(7-9)4-2-6-11/h1-10,13-14,21H,11-12H2;1-6,9-10,15,19H,7-8H2;1-6,9-10,15H,7-8H2;1-3,6,9H,4-5H2;1,3,5,7H,2,4,6H2;1-3,6H,4-5H2,(H,11,12);1-6H,(H,11,12);1,3,5,7,11H,2,4,6H2/b;;;;;;5-4+;. The number of carbonyl (C=O) groups is 4. The summed E-state index contributed by atoms with van der Waals surface area (Å²) in [5.41, 5.74) is 6.80. The van der Waals surface area contributed by atoms with Crippen molar-refractivity contribution in [2.24, 2.45) is 0 Å². The summed E-state index contributed by atoms with van der Waals surface area (Å²) in [7, 11) is 0. The maximum absolute atomic E-state index is 13.7. The molecule has 4 atom stereocenters. The van der Waals surface area contributed by atoms with Gasteiger partial charge in [-0.2, -0.15) is 0 Å². The number of ether oxygens (including phenoxy) is 3. The number of aliphatic hydroxyl groups is 1. The van der Waals surface area contributed by atoms with Crippen molar-refractivity contribution in [1.29, 1.82) is 0 Å². The maximum Gasteiger partial charge on any atom is 0.328 e. The Morgan fingerprint density at radius 1 is 0.389 bits per heavy atom. The van der Waals surface area contributed by atoms with Crippen molar-refractivity contribution >= 4 is 92.3 Å². The molecule has 12 aromatic rings. The van der Waals surface area contributed by atoms with Crippen LogP contribution in [-0.4, -0.2) is 81.3 Å². The van der Waals surface area contributed by atoms with E-state index in [-0.39, 0.29) is 101 Å². The van der Waals surface area contributed by atoms with Crippen molar-refractivity contribution < 1.29 is 97.0 Å². The van der Waals surface area contributed by atoms with E-state index in [2.05, 4.69) is 20.8 Å². The van der Waals surface area contributed by atoms with Gasteiger partial charge in [0.2, 0.25) is 0 Å². The van der Waals surface area contributed by atoms with Gasteiger partial charge in [0, 0.05) is 92.1 Å². The molecule has 28 heteroatoms. The van der Waals surface area contributed by atoms with Crippen LogP contribution in [-0.2, 0) is 28.9 Å². The van der Waals surface area contributed by atoms with E-state index in [9.17, 15) is 67.5 Å². The Morgan fingerprint density at radius 2 is 0.730 bits per heavy atom. The zero-order valence-electron chi connectivity index (χ0n) is 67.7. The van der Waals surface area contributed by atoms with E-state index in [1.807, 2.05) is 18.2 Å². The number of aryl methyl sites for hydroxylation is 3. The third-order valence-corrected chi connectivity index (χ3v) is 19.5. The molecule has 1 aliphatic heterocycles.